The van der Waals surface area contributed by atoms with E-state index in [4.69, 9.17) is 23.2 Å². The first-order valence-electron chi connectivity index (χ1n) is 4.72. The van der Waals surface area contributed by atoms with Gasteiger partial charge in [0.25, 0.3) is 0 Å². The van der Waals surface area contributed by atoms with E-state index in [9.17, 15) is 13.6 Å². The molecule has 0 unspecified atom stereocenters. The summed E-state index contributed by atoms with van der Waals surface area (Å²) in [5, 5.41) is 2.64. The number of carbonyl (C=O) groups is 1. The van der Waals surface area contributed by atoms with Crippen LogP contribution in [0.4, 0.5) is 19.3 Å². The topological polar surface area (TPSA) is 32.3 Å². The van der Waals surface area contributed by atoms with Gasteiger partial charge in [-0.2, -0.15) is 8.78 Å². The molecule has 100 valence electrons. The molecule has 1 aromatic carbocycles. The first-order valence-corrected chi connectivity index (χ1v) is 6.30. The average Bonchev–Trinajstić information content (AvgIpc) is 2.20. The number of rotatable bonds is 3. The van der Waals surface area contributed by atoms with Crippen molar-refractivity contribution in [1.29, 1.82) is 0 Å². The maximum atomic E-state index is 12.6. The summed E-state index contributed by atoms with van der Waals surface area (Å²) in [6.07, 6.45) is 0. The summed E-state index contributed by atoms with van der Waals surface area (Å²) in [5.41, 5.74) is 0.418. The van der Waals surface area contributed by atoms with Crippen molar-refractivity contribution in [2.75, 3.05) is 19.4 Å². The summed E-state index contributed by atoms with van der Waals surface area (Å²) >= 11 is 10.8. The second-order valence-electron chi connectivity index (χ2n) is 3.52. The third-order valence-corrected chi connectivity index (χ3v) is 3.28. The van der Waals surface area contributed by atoms with Crippen LogP contribution in [0.1, 0.15) is 0 Å². The Bertz CT molecular complexity index is 452. The fraction of sp³-hybridized carbons (Fsp3) is 0.300. The van der Waals surface area contributed by atoms with E-state index < -0.39 is 4.71 Å². The highest BCUT2D eigenvalue weighted by Gasteiger charge is 2.27. The fourth-order valence-corrected chi connectivity index (χ4v) is 2.11. The molecule has 1 aromatic rings. The molecule has 0 spiro atoms. The van der Waals surface area contributed by atoms with Crippen LogP contribution in [0.3, 0.4) is 0 Å². The maximum absolute atomic E-state index is 12.6. The zero-order valence-corrected chi connectivity index (χ0v) is 11.8. The van der Waals surface area contributed by atoms with Crippen LogP contribution >= 0.6 is 35.0 Å². The van der Waals surface area contributed by atoms with Crippen molar-refractivity contribution in [1.82, 2.24) is 4.90 Å². The molecule has 1 rings (SSSR count). The predicted molar refractivity (Wildman–Crippen MR) is 70.8 cm³/mol. The highest BCUT2D eigenvalue weighted by molar-refractivity contribution is 8.01. The van der Waals surface area contributed by atoms with E-state index in [0.717, 1.165) is 0 Å². The monoisotopic (exact) mass is 314 g/mol. The maximum Gasteiger partial charge on any atom is 0.375 e. The van der Waals surface area contributed by atoms with Crippen molar-refractivity contribution in [2.24, 2.45) is 0 Å². The number of nitrogens with zero attached hydrogens (tertiary/aromatic N) is 1. The molecule has 0 aromatic heterocycles. The van der Waals surface area contributed by atoms with E-state index in [1.807, 2.05) is 0 Å². The molecule has 0 heterocycles. The van der Waals surface area contributed by atoms with Gasteiger partial charge in [0.05, 0.1) is 5.02 Å². The summed E-state index contributed by atoms with van der Waals surface area (Å²) < 4.78 is 21.8. The number of benzene rings is 1. The van der Waals surface area contributed by atoms with Crippen LogP contribution in [0.25, 0.3) is 0 Å². The van der Waals surface area contributed by atoms with Gasteiger partial charge in [-0.3, -0.25) is 0 Å². The lowest BCUT2D eigenvalue weighted by Crippen LogP contribution is -2.27. The molecule has 2 amide bonds. The highest BCUT2D eigenvalue weighted by atomic mass is 35.5. The minimum atomic E-state index is -3.42. The minimum absolute atomic E-state index is 0.0943. The zero-order valence-electron chi connectivity index (χ0n) is 9.51. The van der Waals surface area contributed by atoms with Crippen molar-refractivity contribution in [3.05, 3.63) is 23.2 Å². The molecular formula is C10H10Cl2F2N2OS. The Morgan fingerprint density at radius 1 is 1.44 bits per heavy atom. The van der Waals surface area contributed by atoms with Gasteiger partial charge in [-0.15, -0.1) is 0 Å². The number of thioether (sulfide) groups is 1. The molecule has 0 fully saturated rings. The molecule has 0 aliphatic heterocycles. The van der Waals surface area contributed by atoms with E-state index in [1.54, 1.807) is 14.1 Å². The molecule has 0 aliphatic rings. The number of amides is 2. The number of nitrogens with one attached hydrogen (secondary N) is 1. The minimum Gasteiger partial charge on any atom is -0.331 e. The van der Waals surface area contributed by atoms with Crippen LogP contribution in [0.15, 0.2) is 23.1 Å². The second kappa shape index (κ2) is 5.95. The van der Waals surface area contributed by atoms with Gasteiger partial charge in [0.15, 0.2) is 0 Å². The SMILES string of the molecule is CN(C)C(=O)Nc1ccc(SC(F)(F)Cl)c(Cl)c1. The van der Waals surface area contributed by atoms with Crippen LogP contribution in [-0.2, 0) is 0 Å². The molecule has 3 nitrogen and oxygen atoms in total. The molecule has 1 N–H and O–H groups in total. The van der Waals surface area contributed by atoms with Crippen molar-refractivity contribution < 1.29 is 13.6 Å². The number of carbonyl (C=O) groups excluding carboxylic acids is 1. The Kier molecular flexibility index (Phi) is 5.07. The molecule has 0 atom stereocenters. The van der Waals surface area contributed by atoms with Crippen molar-refractivity contribution in [3.8, 4) is 0 Å². The molecule has 0 radical (unpaired) electrons. The molecule has 0 bridgehead atoms. The van der Waals surface area contributed by atoms with Gasteiger partial charge in [0.1, 0.15) is 0 Å². The Hall–Kier alpha value is -0.720. The Balaban J connectivity index is 2.83. The van der Waals surface area contributed by atoms with Crippen LogP contribution in [0, 0.1) is 0 Å². The number of urea groups is 1. The lowest BCUT2D eigenvalue weighted by molar-refractivity contribution is 0.203. The van der Waals surface area contributed by atoms with E-state index in [1.165, 1.54) is 23.1 Å². The van der Waals surface area contributed by atoms with Gasteiger partial charge in [-0.25, -0.2) is 4.79 Å². The molecule has 0 saturated carbocycles. The van der Waals surface area contributed by atoms with Crippen molar-refractivity contribution in [3.63, 3.8) is 0 Å². The van der Waals surface area contributed by atoms with Crippen molar-refractivity contribution in [2.45, 2.75) is 9.61 Å². The average molecular weight is 315 g/mol. The van der Waals surface area contributed by atoms with Gasteiger partial charge in [-0.1, -0.05) is 11.6 Å². The third-order valence-electron chi connectivity index (χ3n) is 1.82. The quantitative estimate of drug-likeness (QED) is 0.666. The van der Waals surface area contributed by atoms with E-state index >= 15 is 0 Å². The summed E-state index contributed by atoms with van der Waals surface area (Å²) in [6, 6.07) is 3.88. The van der Waals surface area contributed by atoms with Crippen LogP contribution < -0.4 is 5.32 Å². The number of alkyl halides is 3. The molecular weight excluding hydrogens is 305 g/mol. The molecule has 0 saturated heterocycles. The van der Waals surface area contributed by atoms with E-state index in [-0.39, 0.29) is 27.7 Å². The summed E-state index contributed by atoms with van der Waals surface area (Å²) in [5.74, 6) is 0. The first kappa shape index (κ1) is 15.3. The smallest absolute Gasteiger partial charge is 0.331 e. The van der Waals surface area contributed by atoms with Gasteiger partial charge >= 0.3 is 10.7 Å². The fourth-order valence-electron chi connectivity index (χ4n) is 1.02. The lowest BCUT2D eigenvalue weighted by atomic mass is 10.3. The van der Waals surface area contributed by atoms with Crippen molar-refractivity contribution >= 4 is 46.7 Å². The molecule has 0 aliphatic carbocycles. The predicted octanol–water partition coefficient (Wildman–Crippen LogP) is 4.31. The number of halogens is 4. The number of hydrogen-bond acceptors (Lipinski definition) is 2. The van der Waals surface area contributed by atoms with Gasteiger partial charge < -0.3 is 10.2 Å². The Morgan fingerprint density at radius 2 is 2.06 bits per heavy atom. The summed E-state index contributed by atoms with van der Waals surface area (Å²) in [6.45, 7) is 0. The second-order valence-corrected chi connectivity index (χ2v) is 5.78. The number of hydrogen-bond donors (Lipinski definition) is 1. The van der Waals surface area contributed by atoms with E-state index in [2.05, 4.69) is 5.32 Å². The third kappa shape index (κ3) is 4.88. The lowest BCUT2D eigenvalue weighted by Gasteiger charge is -2.13. The Morgan fingerprint density at radius 3 is 2.50 bits per heavy atom. The van der Waals surface area contributed by atoms with Gasteiger partial charge in [-0.05, 0) is 41.6 Å². The largest absolute Gasteiger partial charge is 0.375 e. The standard InChI is InChI=1S/C10H10Cl2F2N2OS/c1-16(2)9(17)15-6-3-4-8(7(11)5-6)18-10(12,13)14/h3-5H,1-2H3,(H,15,17). The highest BCUT2D eigenvalue weighted by Crippen LogP contribution is 2.42. The van der Waals surface area contributed by atoms with E-state index in [0.29, 0.717) is 5.69 Å². The summed E-state index contributed by atoms with van der Waals surface area (Å²) in [7, 11) is 3.16. The normalized spacial score (nSPS) is 11.2. The van der Waals surface area contributed by atoms with Crippen LogP contribution in [0.5, 0.6) is 0 Å². The first-order chi connectivity index (χ1) is 8.19. The molecule has 8 heteroatoms. The Labute approximate surface area is 117 Å². The number of anilines is 1. The van der Waals surface area contributed by atoms with Gasteiger partial charge in [0.2, 0.25) is 0 Å². The molecule has 18 heavy (non-hydrogen) atoms. The summed E-state index contributed by atoms with van der Waals surface area (Å²) in [4.78, 5) is 12.8. The van der Waals surface area contributed by atoms with Gasteiger partial charge in [0, 0.05) is 24.7 Å². The zero-order chi connectivity index (χ0) is 13.9. The van der Waals surface area contributed by atoms with Crippen LogP contribution in [-0.4, -0.2) is 29.7 Å². The van der Waals surface area contributed by atoms with Crippen LogP contribution in [0.2, 0.25) is 5.02 Å².